The molecule has 0 aliphatic carbocycles. The van der Waals surface area contributed by atoms with E-state index in [0.717, 1.165) is 32.4 Å². The fraction of sp³-hybridized carbons (Fsp3) is 0.135. The Morgan fingerprint density at radius 2 is 1.13 bits per heavy atom. The minimum atomic E-state index is -4.99. The van der Waals surface area contributed by atoms with Crippen LogP contribution >= 0.6 is 45.3 Å². The Balaban J connectivity index is 1.38. The van der Waals surface area contributed by atoms with Crippen molar-refractivity contribution in [1.82, 2.24) is 9.13 Å². The van der Waals surface area contributed by atoms with Crippen molar-refractivity contribution >= 4 is 91.5 Å². The normalized spacial score (nSPS) is 20.3. The van der Waals surface area contributed by atoms with Crippen LogP contribution in [0.5, 0.6) is 0 Å². The molecule has 0 bridgehead atoms. The van der Waals surface area contributed by atoms with Crippen LogP contribution in [0.25, 0.3) is 32.0 Å². The van der Waals surface area contributed by atoms with Crippen LogP contribution in [0.3, 0.4) is 0 Å². The molecular formula is C37H18F6N8S4+2. The van der Waals surface area contributed by atoms with Gasteiger partial charge in [-0.15, -0.1) is 54.5 Å². The second-order valence-electron chi connectivity index (χ2n) is 13.4. The first kappa shape index (κ1) is 32.0. The lowest BCUT2D eigenvalue weighted by molar-refractivity contribution is -0.790. The van der Waals surface area contributed by atoms with Crippen molar-refractivity contribution in [2.24, 2.45) is 20.0 Å². The third kappa shape index (κ3) is 3.64. The van der Waals surface area contributed by atoms with Crippen LogP contribution in [0.2, 0.25) is 0 Å². The molecule has 8 nitrogen and oxygen atoms in total. The Bertz CT molecular complexity index is 3110. The van der Waals surface area contributed by atoms with Gasteiger partial charge in [-0.1, -0.05) is 44.2 Å². The second kappa shape index (κ2) is 10.1. The van der Waals surface area contributed by atoms with Gasteiger partial charge in [-0.2, -0.15) is 35.5 Å². The number of hydrogen-bond acceptors (Lipinski definition) is 8. The molecular weight excluding hydrogens is 799 g/mol. The Labute approximate surface area is 320 Å². The van der Waals surface area contributed by atoms with Gasteiger partial charge < -0.3 is 0 Å². The summed E-state index contributed by atoms with van der Waals surface area (Å²) in [6.07, 6.45) is -9.98. The van der Waals surface area contributed by atoms with Crippen molar-refractivity contribution in [3.05, 3.63) is 113 Å². The second-order valence-corrected chi connectivity index (χ2v) is 17.2. The van der Waals surface area contributed by atoms with E-state index in [-0.39, 0.29) is 39.0 Å². The summed E-state index contributed by atoms with van der Waals surface area (Å²) in [4.78, 5) is 21.9. The van der Waals surface area contributed by atoms with Crippen LogP contribution in [-0.2, 0) is 12.1 Å². The molecule has 0 fully saturated rings. The van der Waals surface area contributed by atoms with Crippen LogP contribution in [0.15, 0.2) is 101 Å². The highest BCUT2D eigenvalue weighted by molar-refractivity contribution is 7.14. The maximum atomic E-state index is 15.9. The molecule has 270 valence electrons. The molecule has 55 heavy (non-hydrogen) atoms. The average molecular weight is 817 g/mol. The Kier molecular flexibility index (Phi) is 5.88. The number of hydrogen-bond donors (Lipinski definition) is 0. The quantitative estimate of drug-likeness (QED) is 0.126. The predicted molar refractivity (Wildman–Crippen MR) is 200 cm³/mol. The highest BCUT2D eigenvalue weighted by Crippen LogP contribution is 2.59. The molecule has 0 saturated heterocycles. The first-order valence-electron chi connectivity index (χ1n) is 16.7. The van der Waals surface area contributed by atoms with E-state index < -0.39 is 41.1 Å². The van der Waals surface area contributed by atoms with Gasteiger partial charge in [0.2, 0.25) is 22.6 Å². The molecule has 0 aromatic carbocycles. The number of thiophene rings is 4. The highest BCUT2D eigenvalue weighted by atomic mass is 32.1. The molecule has 6 aliphatic heterocycles. The van der Waals surface area contributed by atoms with E-state index >= 15 is 26.3 Å². The topological polar surface area (TPSA) is 65.3 Å². The predicted octanol–water partition coefficient (Wildman–Crippen LogP) is 9.01. The minimum absolute atomic E-state index is 0.0767. The van der Waals surface area contributed by atoms with Gasteiger partial charge in [0.05, 0.1) is 22.3 Å². The zero-order valence-corrected chi connectivity index (χ0v) is 31.2. The summed E-state index contributed by atoms with van der Waals surface area (Å²) in [5, 5.41) is 7.08. The fourth-order valence-corrected chi connectivity index (χ4v) is 11.9. The van der Waals surface area contributed by atoms with Gasteiger partial charge in [0.1, 0.15) is 11.1 Å². The number of aromatic nitrogens is 2. The van der Waals surface area contributed by atoms with E-state index in [1.807, 2.05) is 48.9 Å². The van der Waals surface area contributed by atoms with Crippen LogP contribution < -0.4 is 11.0 Å². The van der Waals surface area contributed by atoms with Gasteiger partial charge >= 0.3 is 18.3 Å². The van der Waals surface area contributed by atoms with Crippen molar-refractivity contribution in [1.29, 1.82) is 0 Å². The monoisotopic (exact) mass is 816 g/mol. The SMILES string of the molecule is CC1=C(c2cccs2)C2=Nc3c(C(F)(F)F)c(-c4cccs4)c4n3C35n6c(c(C)c(-c7cccs7)c6=NC1=[N+]23)=NC1=[N+]5C(=N4)C(C(F)(F)F)=C1c1cccs1. The van der Waals surface area contributed by atoms with Crippen molar-refractivity contribution < 1.29 is 35.5 Å². The van der Waals surface area contributed by atoms with Gasteiger partial charge in [-0.05, 0) is 59.6 Å². The minimum Gasteiger partial charge on any atom is -0.192 e. The van der Waals surface area contributed by atoms with Gasteiger partial charge in [0, 0.05) is 30.6 Å². The van der Waals surface area contributed by atoms with E-state index in [9.17, 15) is 0 Å². The molecule has 1 atom stereocenters. The lowest BCUT2D eigenvalue weighted by atomic mass is 10.1. The Hall–Kier alpha value is -5.30. The summed E-state index contributed by atoms with van der Waals surface area (Å²) >= 11 is 5.01. The summed E-state index contributed by atoms with van der Waals surface area (Å²) in [5.74, 6) is -2.93. The lowest BCUT2D eigenvalue weighted by Gasteiger charge is -2.41. The lowest BCUT2D eigenvalue weighted by Crippen LogP contribution is -2.72. The molecule has 0 saturated carbocycles. The number of nitrogens with zero attached hydrogens (tertiary/aromatic N) is 8. The van der Waals surface area contributed by atoms with Crippen LogP contribution in [-0.4, -0.2) is 47.8 Å². The number of aliphatic imine (C=N–C) groups is 2. The zero-order chi connectivity index (χ0) is 37.5. The maximum absolute atomic E-state index is 15.9. The van der Waals surface area contributed by atoms with Crippen molar-refractivity contribution in [2.45, 2.75) is 32.1 Å². The molecule has 12 heterocycles. The van der Waals surface area contributed by atoms with Gasteiger partial charge in [0.15, 0.2) is 0 Å². The van der Waals surface area contributed by atoms with Crippen LogP contribution in [0, 0.1) is 6.92 Å². The van der Waals surface area contributed by atoms with E-state index in [4.69, 9.17) is 15.0 Å². The molecule has 6 aromatic heterocycles. The molecule has 0 amide bonds. The summed E-state index contributed by atoms with van der Waals surface area (Å²) in [6.45, 7) is 3.66. The number of rotatable bonds is 4. The van der Waals surface area contributed by atoms with E-state index in [1.54, 1.807) is 38.1 Å². The van der Waals surface area contributed by atoms with Gasteiger partial charge in [0.25, 0.3) is 23.3 Å². The van der Waals surface area contributed by atoms with Crippen molar-refractivity contribution in [2.75, 3.05) is 0 Å². The van der Waals surface area contributed by atoms with Crippen molar-refractivity contribution in [3.8, 4) is 20.9 Å². The number of amidine groups is 4. The van der Waals surface area contributed by atoms with E-state index in [0.29, 0.717) is 38.5 Å². The third-order valence-electron chi connectivity index (χ3n) is 10.6. The van der Waals surface area contributed by atoms with Crippen LogP contribution in [0.4, 0.5) is 38.0 Å². The first-order chi connectivity index (χ1) is 26.4. The first-order valence-corrected chi connectivity index (χ1v) is 20.2. The smallest absolute Gasteiger partial charge is 0.192 e. The molecule has 18 heteroatoms. The number of alkyl halides is 6. The van der Waals surface area contributed by atoms with Gasteiger partial charge in [-0.25, -0.2) is 0 Å². The summed E-state index contributed by atoms with van der Waals surface area (Å²) < 4.78 is 101. The standard InChI is InChI=1S/C37H18F6N8S4/c1-15-21(17-7-3-11-52-17)29-44-27-16(2)22(18-8-4-12-53-18)30-46-33-26(36(41,42)43)24(20-10-6-14-55-20)32-47-34-25(35(38,39)40)23(19-9-5-13-54-19)31-45-28(15)48(29)37(49(27)30,50(31)34)51(32)33/h3-14H,1-2H3/q+2. The van der Waals surface area contributed by atoms with E-state index in [2.05, 4.69) is 4.99 Å². The molecule has 6 aliphatic rings. The van der Waals surface area contributed by atoms with Crippen molar-refractivity contribution in [3.63, 3.8) is 0 Å². The average Bonchev–Trinajstić information content (AvgIpc) is 3.98. The highest BCUT2D eigenvalue weighted by Gasteiger charge is 2.73. The Morgan fingerprint density at radius 3 is 1.71 bits per heavy atom. The largest absolute Gasteiger partial charge is 0.423 e. The molecule has 6 aromatic rings. The molecule has 12 rings (SSSR count). The van der Waals surface area contributed by atoms with Gasteiger partial charge in [-0.3, -0.25) is 0 Å². The number of halogens is 6. The fourth-order valence-electron chi connectivity index (χ4n) is 8.73. The zero-order valence-electron chi connectivity index (χ0n) is 27.9. The molecule has 1 spiro atoms. The summed E-state index contributed by atoms with van der Waals surface area (Å²) in [6, 6.07) is 13.9. The summed E-state index contributed by atoms with van der Waals surface area (Å²) in [5.41, 5.74) is 0.389. The molecule has 0 radical (unpaired) electrons. The third-order valence-corrected chi connectivity index (χ3v) is 14.2. The van der Waals surface area contributed by atoms with Crippen LogP contribution in [0.1, 0.15) is 27.8 Å². The maximum Gasteiger partial charge on any atom is 0.423 e. The van der Waals surface area contributed by atoms with E-state index in [1.165, 1.54) is 37.9 Å². The Morgan fingerprint density at radius 1 is 0.582 bits per heavy atom. The molecule has 1 unspecified atom stereocenters. The molecule has 0 N–H and O–H groups in total. The summed E-state index contributed by atoms with van der Waals surface area (Å²) in [7, 11) is 0.